The van der Waals surface area contributed by atoms with Gasteiger partial charge in [0.25, 0.3) is 5.56 Å². The van der Waals surface area contributed by atoms with E-state index in [4.69, 9.17) is 0 Å². The molecule has 0 unspecified atom stereocenters. The summed E-state index contributed by atoms with van der Waals surface area (Å²) in [5.74, 6) is 0. The molecule has 5 nitrogen and oxygen atoms in total. The number of aromatic nitrogens is 2. The number of benzene rings is 1. The molecule has 0 aliphatic rings. The molecule has 2 rings (SSSR count). The molecule has 1 atom stereocenters. The number of nitrogens with zero attached hydrogens (tertiary/aromatic N) is 3. The molecule has 1 aromatic carbocycles. The van der Waals surface area contributed by atoms with Gasteiger partial charge in [-0.05, 0) is 18.9 Å². The van der Waals surface area contributed by atoms with Crippen molar-refractivity contribution in [3.63, 3.8) is 0 Å². The maximum absolute atomic E-state index is 11.9. The number of aliphatic hydroxyl groups excluding tert-OH is 1. The van der Waals surface area contributed by atoms with Crippen LogP contribution in [0, 0.1) is 0 Å². The zero-order valence-corrected chi connectivity index (χ0v) is 12.4. The van der Waals surface area contributed by atoms with E-state index in [1.54, 1.807) is 19.2 Å². The van der Waals surface area contributed by atoms with Crippen molar-refractivity contribution in [3.8, 4) is 0 Å². The minimum atomic E-state index is -0.586. The molecule has 0 aliphatic carbocycles. The fourth-order valence-electron chi connectivity index (χ4n) is 2.09. The van der Waals surface area contributed by atoms with Gasteiger partial charge in [0.05, 0.1) is 24.5 Å². The van der Waals surface area contributed by atoms with Gasteiger partial charge in [-0.15, -0.1) is 0 Å². The monoisotopic (exact) mass is 287 g/mol. The summed E-state index contributed by atoms with van der Waals surface area (Å²) >= 11 is 0. The van der Waals surface area contributed by atoms with Gasteiger partial charge in [0.15, 0.2) is 0 Å². The van der Waals surface area contributed by atoms with E-state index in [1.165, 1.54) is 10.2 Å². The predicted molar refractivity (Wildman–Crippen MR) is 83.6 cm³/mol. The fraction of sp³-hybridized carbons (Fsp3) is 0.375. The van der Waals surface area contributed by atoms with Crippen molar-refractivity contribution in [2.45, 2.75) is 26.0 Å². The van der Waals surface area contributed by atoms with Crippen LogP contribution in [-0.2, 0) is 13.0 Å². The Morgan fingerprint density at radius 1 is 1.33 bits per heavy atom. The molecule has 1 N–H and O–H groups in total. The first-order valence-corrected chi connectivity index (χ1v) is 7.06. The lowest BCUT2D eigenvalue weighted by atomic mass is 10.1. The lowest BCUT2D eigenvalue weighted by Gasteiger charge is -2.19. The molecule has 0 saturated carbocycles. The Balaban J connectivity index is 2.01. The van der Waals surface area contributed by atoms with Gasteiger partial charge in [0, 0.05) is 19.7 Å². The number of hydrogen-bond acceptors (Lipinski definition) is 4. The summed E-state index contributed by atoms with van der Waals surface area (Å²) in [7, 11) is 1.94. The maximum atomic E-state index is 11.9. The van der Waals surface area contributed by atoms with Gasteiger partial charge in [0.2, 0.25) is 0 Å². The second-order valence-corrected chi connectivity index (χ2v) is 5.24. The Morgan fingerprint density at radius 2 is 2.05 bits per heavy atom. The van der Waals surface area contributed by atoms with E-state index in [-0.39, 0.29) is 12.1 Å². The van der Waals surface area contributed by atoms with E-state index in [9.17, 15) is 9.90 Å². The molecule has 1 aromatic heterocycles. The lowest BCUT2D eigenvalue weighted by Crippen LogP contribution is -2.29. The number of rotatable bonds is 6. The van der Waals surface area contributed by atoms with Crippen molar-refractivity contribution >= 4 is 5.69 Å². The average molecular weight is 287 g/mol. The van der Waals surface area contributed by atoms with Gasteiger partial charge >= 0.3 is 0 Å². The Hall–Kier alpha value is -2.14. The first kappa shape index (κ1) is 15.3. The standard InChI is InChI=1S/C16H21N3O2/c1-13(20)12-19-16(21)10-15(11-17-19)18(2)9-8-14-6-4-3-5-7-14/h3-7,10-11,13,20H,8-9,12H2,1-2H3/t13-/m1/s1. The molecule has 0 radical (unpaired) electrons. The highest BCUT2D eigenvalue weighted by atomic mass is 16.3. The second-order valence-electron chi connectivity index (χ2n) is 5.24. The molecule has 0 aliphatic heterocycles. The van der Waals surface area contributed by atoms with Crippen LogP contribution in [-0.4, -0.2) is 34.6 Å². The Bertz CT molecular complexity index is 623. The molecule has 21 heavy (non-hydrogen) atoms. The van der Waals surface area contributed by atoms with Gasteiger partial charge < -0.3 is 10.0 Å². The van der Waals surface area contributed by atoms with Crippen LogP contribution in [0.1, 0.15) is 12.5 Å². The summed E-state index contributed by atoms with van der Waals surface area (Å²) < 4.78 is 1.28. The highest BCUT2D eigenvalue weighted by molar-refractivity contribution is 5.42. The Labute approximate surface area is 124 Å². The number of anilines is 1. The molecule has 0 amide bonds. The maximum Gasteiger partial charge on any atom is 0.268 e. The van der Waals surface area contributed by atoms with Gasteiger partial charge in [-0.1, -0.05) is 30.3 Å². The molecule has 0 saturated heterocycles. The van der Waals surface area contributed by atoms with E-state index >= 15 is 0 Å². The van der Waals surface area contributed by atoms with Crippen molar-refractivity contribution in [1.82, 2.24) is 9.78 Å². The van der Waals surface area contributed by atoms with Crippen molar-refractivity contribution < 1.29 is 5.11 Å². The summed E-state index contributed by atoms with van der Waals surface area (Å²) in [5.41, 5.74) is 1.86. The number of likely N-dealkylation sites (N-methyl/N-ethyl adjacent to an activating group) is 1. The van der Waals surface area contributed by atoms with Crippen LogP contribution >= 0.6 is 0 Å². The summed E-state index contributed by atoms with van der Waals surface area (Å²) in [6.45, 7) is 2.66. The smallest absolute Gasteiger partial charge is 0.268 e. The van der Waals surface area contributed by atoms with E-state index in [2.05, 4.69) is 17.2 Å². The first-order chi connectivity index (χ1) is 10.1. The van der Waals surface area contributed by atoms with E-state index < -0.39 is 6.10 Å². The zero-order valence-electron chi connectivity index (χ0n) is 12.4. The Morgan fingerprint density at radius 3 is 2.67 bits per heavy atom. The van der Waals surface area contributed by atoms with Crippen molar-refractivity contribution in [1.29, 1.82) is 0 Å². The van der Waals surface area contributed by atoms with Crippen molar-refractivity contribution in [2.75, 3.05) is 18.5 Å². The third-order valence-electron chi connectivity index (χ3n) is 3.31. The zero-order chi connectivity index (χ0) is 15.2. The van der Waals surface area contributed by atoms with Crippen LogP contribution in [0.25, 0.3) is 0 Å². The van der Waals surface area contributed by atoms with E-state index in [0.29, 0.717) is 0 Å². The van der Waals surface area contributed by atoms with E-state index in [0.717, 1.165) is 18.7 Å². The molecule has 2 aromatic rings. The fourth-order valence-corrected chi connectivity index (χ4v) is 2.09. The highest BCUT2D eigenvalue weighted by Gasteiger charge is 2.06. The normalized spacial score (nSPS) is 12.1. The van der Waals surface area contributed by atoms with Crippen molar-refractivity contribution in [2.24, 2.45) is 0 Å². The number of aliphatic hydroxyl groups is 1. The summed E-state index contributed by atoms with van der Waals surface area (Å²) in [4.78, 5) is 13.9. The average Bonchev–Trinajstić information content (AvgIpc) is 2.47. The van der Waals surface area contributed by atoms with Crippen LogP contribution in [0.2, 0.25) is 0 Å². The summed E-state index contributed by atoms with van der Waals surface area (Å²) in [6.07, 6.45) is 1.99. The molecule has 1 heterocycles. The number of hydrogen-bond donors (Lipinski definition) is 1. The topological polar surface area (TPSA) is 58.4 Å². The third kappa shape index (κ3) is 4.43. The van der Waals surface area contributed by atoms with Crippen LogP contribution < -0.4 is 10.5 Å². The summed E-state index contributed by atoms with van der Waals surface area (Å²) in [5, 5.41) is 13.4. The summed E-state index contributed by atoms with van der Waals surface area (Å²) in [6, 6.07) is 11.8. The van der Waals surface area contributed by atoms with Gasteiger partial charge in [0.1, 0.15) is 0 Å². The van der Waals surface area contributed by atoms with Gasteiger partial charge in [-0.25, -0.2) is 4.68 Å². The van der Waals surface area contributed by atoms with Crippen LogP contribution in [0.3, 0.4) is 0 Å². The first-order valence-electron chi connectivity index (χ1n) is 7.06. The van der Waals surface area contributed by atoms with Crippen LogP contribution in [0.4, 0.5) is 5.69 Å². The third-order valence-corrected chi connectivity index (χ3v) is 3.31. The highest BCUT2D eigenvalue weighted by Crippen LogP contribution is 2.09. The molecule has 0 fully saturated rings. The van der Waals surface area contributed by atoms with Crippen LogP contribution in [0.5, 0.6) is 0 Å². The van der Waals surface area contributed by atoms with E-state index in [1.807, 2.05) is 30.1 Å². The molecule has 0 bridgehead atoms. The minimum Gasteiger partial charge on any atom is -0.391 e. The van der Waals surface area contributed by atoms with Gasteiger partial charge in [-0.2, -0.15) is 5.10 Å². The molecule has 0 spiro atoms. The molecular weight excluding hydrogens is 266 g/mol. The minimum absolute atomic E-state index is 0.194. The quantitative estimate of drug-likeness (QED) is 0.870. The molecular formula is C16H21N3O2. The molecule has 112 valence electrons. The molecule has 5 heteroatoms. The Kier molecular flexibility index (Phi) is 5.11. The predicted octanol–water partition coefficient (Wildman–Crippen LogP) is 1.30. The largest absolute Gasteiger partial charge is 0.391 e. The van der Waals surface area contributed by atoms with Crippen LogP contribution in [0.15, 0.2) is 47.4 Å². The van der Waals surface area contributed by atoms with Crippen molar-refractivity contribution in [3.05, 3.63) is 58.5 Å². The van der Waals surface area contributed by atoms with Gasteiger partial charge in [-0.3, -0.25) is 4.79 Å². The SMILES string of the molecule is C[C@@H](O)Cn1ncc(N(C)CCc2ccccc2)cc1=O. The lowest BCUT2D eigenvalue weighted by molar-refractivity contribution is 0.166. The second kappa shape index (κ2) is 7.04.